The Morgan fingerprint density at radius 3 is 2.65 bits per heavy atom. The van der Waals surface area contributed by atoms with Gasteiger partial charge >= 0.3 is 6.03 Å². The first-order valence-corrected chi connectivity index (χ1v) is 7.89. The first kappa shape index (κ1) is 16.9. The first-order chi connectivity index (χ1) is 11.2. The van der Waals surface area contributed by atoms with E-state index in [0.717, 1.165) is 35.1 Å². The summed E-state index contributed by atoms with van der Waals surface area (Å²) in [6, 6.07) is 3.60. The van der Waals surface area contributed by atoms with Crippen LogP contribution in [0.5, 0.6) is 0 Å². The molecule has 3 heterocycles. The number of primary amides is 1. The molecule has 2 aromatic rings. The maximum Gasteiger partial charge on any atom is 0.320 e. The topological polar surface area (TPSA) is 98.1 Å². The molecule has 0 spiro atoms. The minimum absolute atomic E-state index is 0.453. The third-order valence-corrected chi connectivity index (χ3v) is 3.66. The Balaban J connectivity index is 0.000000924. The zero-order chi connectivity index (χ0) is 16.8. The van der Waals surface area contributed by atoms with Gasteiger partial charge in [0.1, 0.15) is 5.82 Å². The van der Waals surface area contributed by atoms with Gasteiger partial charge in [-0.15, -0.1) is 0 Å². The van der Waals surface area contributed by atoms with Crippen molar-refractivity contribution < 1.29 is 4.79 Å². The first-order valence-electron chi connectivity index (χ1n) is 7.89. The summed E-state index contributed by atoms with van der Waals surface area (Å²) in [5.41, 5.74) is 15.0. The number of fused-ring (bicyclic) bond motifs is 1. The number of nitrogens with two attached hydrogens (primary N) is 2. The number of hydrogen-bond donors (Lipinski definition) is 2. The monoisotopic (exact) mass is 313 g/mol. The van der Waals surface area contributed by atoms with Crippen molar-refractivity contribution in [3.05, 3.63) is 41.9 Å². The SMILES string of the molecule is CC.NCc1cncc(-c2cnc3c(c2)CCCN3C(N)=O)c1. The maximum absolute atomic E-state index is 11.4. The van der Waals surface area contributed by atoms with E-state index in [1.165, 1.54) is 4.90 Å². The highest BCUT2D eigenvalue weighted by atomic mass is 16.2. The van der Waals surface area contributed by atoms with E-state index in [2.05, 4.69) is 16.0 Å². The highest BCUT2D eigenvalue weighted by Gasteiger charge is 2.22. The van der Waals surface area contributed by atoms with Crippen LogP contribution in [-0.4, -0.2) is 22.5 Å². The summed E-state index contributed by atoms with van der Waals surface area (Å²) in [5, 5.41) is 0. The van der Waals surface area contributed by atoms with Crippen LogP contribution in [0, 0.1) is 0 Å². The number of aromatic nitrogens is 2. The predicted octanol–water partition coefficient (Wildman–Crippen LogP) is 2.46. The second-order valence-electron chi connectivity index (χ2n) is 5.09. The number of amides is 2. The molecule has 0 aliphatic carbocycles. The van der Waals surface area contributed by atoms with Crippen LogP contribution in [0.3, 0.4) is 0 Å². The number of aryl methyl sites for hydroxylation is 1. The molecule has 4 N–H and O–H groups in total. The molecule has 1 aliphatic heterocycles. The van der Waals surface area contributed by atoms with E-state index in [4.69, 9.17) is 11.5 Å². The molecule has 0 bridgehead atoms. The molecule has 2 amide bonds. The lowest BCUT2D eigenvalue weighted by Gasteiger charge is -2.26. The number of anilines is 1. The lowest BCUT2D eigenvalue weighted by atomic mass is 10.0. The highest BCUT2D eigenvalue weighted by molar-refractivity contribution is 5.91. The van der Waals surface area contributed by atoms with Crippen molar-refractivity contribution in [1.29, 1.82) is 0 Å². The summed E-state index contributed by atoms with van der Waals surface area (Å²) < 4.78 is 0. The van der Waals surface area contributed by atoms with Crippen molar-refractivity contribution >= 4 is 11.8 Å². The summed E-state index contributed by atoms with van der Waals surface area (Å²) in [4.78, 5) is 21.6. The van der Waals surface area contributed by atoms with Crippen molar-refractivity contribution in [2.24, 2.45) is 11.5 Å². The molecular formula is C17H23N5O. The number of hydrogen-bond acceptors (Lipinski definition) is 4. The molecule has 3 rings (SSSR count). The quantitative estimate of drug-likeness (QED) is 0.889. The van der Waals surface area contributed by atoms with E-state index in [1.54, 1.807) is 18.6 Å². The minimum Gasteiger partial charge on any atom is -0.351 e. The minimum atomic E-state index is -0.456. The number of carbonyl (C=O) groups excluding carboxylic acids is 1. The van der Waals surface area contributed by atoms with Crippen molar-refractivity contribution in [3.63, 3.8) is 0 Å². The molecule has 0 saturated carbocycles. The van der Waals surface area contributed by atoms with Gasteiger partial charge in [-0.2, -0.15) is 0 Å². The van der Waals surface area contributed by atoms with E-state index in [0.29, 0.717) is 18.9 Å². The van der Waals surface area contributed by atoms with Gasteiger partial charge in [-0.3, -0.25) is 9.88 Å². The van der Waals surface area contributed by atoms with Crippen LogP contribution in [0.4, 0.5) is 10.6 Å². The van der Waals surface area contributed by atoms with E-state index < -0.39 is 6.03 Å². The normalized spacial score (nSPS) is 12.9. The summed E-state index contributed by atoms with van der Waals surface area (Å²) in [6.45, 7) is 5.08. The lowest BCUT2D eigenvalue weighted by molar-refractivity contribution is 0.253. The molecule has 23 heavy (non-hydrogen) atoms. The second kappa shape index (κ2) is 7.69. The van der Waals surface area contributed by atoms with Gasteiger partial charge in [0.15, 0.2) is 0 Å². The number of rotatable bonds is 2. The molecule has 0 saturated heterocycles. The number of carbonyl (C=O) groups is 1. The Labute approximate surface area is 136 Å². The van der Waals surface area contributed by atoms with Crippen LogP contribution in [0.25, 0.3) is 11.1 Å². The smallest absolute Gasteiger partial charge is 0.320 e. The molecule has 0 aromatic carbocycles. The fourth-order valence-corrected chi connectivity index (χ4v) is 2.59. The standard InChI is InChI=1S/C15H17N5O.C2H6/c16-6-10-4-12(8-18-7-10)13-5-11-2-1-3-20(15(17)21)14(11)19-9-13;1-2/h4-5,7-9H,1-3,6,16H2,(H2,17,21);1-2H3. The third-order valence-electron chi connectivity index (χ3n) is 3.66. The van der Waals surface area contributed by atoms with Gasteiger partial charge < -0.3 is 11.5 Å². The van der Waals surface area contributed by atoms with Gasteiger partial charge in [-0.05, 0) is 36.1 Å². The van der Waals surface area contributed by atoms with Crippen LogP contribution < -0.4 is 16.4 Å². The molecule has 0 fully saturated rings. The van der Waals surface area contributed by atoms with Crippen molar-refractivity contribution in [1.82, 2.24) is 9.97 Å². The van der Waals surface area contributed by atoms with E-state index in [9.17, 15) is 4.79 Å². The van der Waals surface area contributed by atoms with Crippen LogP contribution in [0.1, 0.15) is 31.4 Å². The molecule has 0 unspecified atom stereocenters. The fourth-order valence-electron chi connectivity index (χ4n) is 2.59. The number of nitrogens with zero attached hydrogens (tertiary/aromatic N) is 3. The molecular weight excluding hydrogens is 290 g/mol. The van der Waals surface area contributed by atoms with Gasteiger partial charge in [-0.25, -0.2) is 9.78 Å². The predicted molar refractivity (Wildman–Crippen MR) is 92.0 cm³/mol. The van der Waals surface area contributed by atoms with Gasteiger partial charge in [-0.1, -0.05) is 13.8 Å². The molecule has 122 valence electrons. The van der Waals surface area contributed by atoms with E-state index in [1.807, 2.05) is 19.9 Å². The Morgan fingerprint density at radius 2 is 1.96 bits per heavy atom. The molecule has 0 atom stereocenters. The third kappa shape index (κ3) is 3.65. The Hall–Kier alpha value is -2.47. The van der Waals surface area contributed by atoms with E-state index in [-0.39, 0.29) is 0 Å². The zero-order valence-electron chi connectivity index (χ0n) is 13.6. The van der Waals surface area contributed by atoms with Crippen molar-refractivity contribution in [3.8, 4) is 11.1 Å². The number of urea groups is 1. The molecule has 6 nitrogen and oxygen atoms in total. The van der Waals surface area contributed by atoms with E-state index >= 15 is 0 Å². The van der Waals surface area contributed by atoms with Gasteiger partial charge in [0, 0.05) is 42.8 Å². The van der Waals surface area contributed by atoms with Crippen LogP contribution in [0.2, 0.25) is 0 Å². The summed E-state index contributed by atoms with van der Waals surface area (Å²) >= 11 is 0. The molecule has 6 heteroatoms. The number of pyridine rings is 2. The largest absolute Gasteiger partial charge is 0.351 e. The van der Waals surface area contributed by atoms with Crippen LogP contribution in [-0.2, 0) is 13.0 Å². The fraction of sp³-hybridized carbons (Fsp3) is 0.353. The second-order valence-corrected chi connectivity index (χ2v) is 5.09. The van der Waals surface area contributed by atoms with Gasteiger partial charge in [0.2, 0.25) is 0 Å². The summed E-state index contributed by atoms with van der Waals surface area (Å²) in [6.07, 6.45) is 7.07. The highest BCUT2D eigenvalue weighted by Crippen LogP contribution is 2.29. The van der Waals surface area contributed by atoms with Gasteiger partial charge in [0.25, 0.3) is 0 Å². The Kier molecular flexibility index (Phi) is 5.65. The average molecular weight is 313 g/mol. The molecule has 2 aromatic heterocycles. The molecule has 1 aliphatic rings. The lowest BCUT2D eigenvalue weighted by Crippen LogP contribution is -2.40. The maximum atomic E-state index is 11.4. The van der Waals surface area contributed by atoms with Crippen molar-refractivity contribution in [2.45, 2.75) is 33.2 Å². The molecule has 0 radical (unpaired) electrons. The Bertz CT molecular complexity index is 686. The van der Waals surface area contributed by atoms with Crippen LogP contribution in [0.15, 0.2) is 30.7 Å². The average Bonchev–Trinajstić information content (AvgIpc) is 2.62. The summed E-state index contributed by atoms with van der Waals surface area (Å²) in [5.74, 6) is 0.667. The van der Waals surface area contributed by atoms with Gasteiger partial charge in [0.05, 0.1) is 0 Å². The Morgan fingerprint density at radius 1 is 1.22 bits per heavy atom. The van der Waals surface area contributed by atoms with Crippen LogP contribution >= 0.6 is 0 Å². The van der Waals surface area contributed by atoms with Crippen molar-refractivity contribution in [2.75, 3.05) is 11.4 Å². The zero-order valence-corrected chi connectivity index (χ0v) is 13.6. The summed E-state index contributed by atoms with van der Waals surface area (Å²) in [7, 11) is 0.